The molecule has 0 unspecified atom stereocenters. The van der Waals surface area contributed by atoms with E-state index in [1.165, 1.54) is 0 Å². The van der Waals surface area contributed by atoms with Gasteiger partial charge in [0, 0.05) is 43.3 Å². The summed E-state index contributed by atoms with van der Waals surface area (Å²) in [5.74, 6) is -0.141. The first-order valence-electron chi connectivity index (χ1n) is 8.73. The van der Waals surface area contributed by atoms with Crippen molar-refractivity contribution in [3.63, 3.8) is 0 Å². The predicted molar refractivity (Wildman–Crippen MR) is 110 cm³/mol. The zero-order valence-corrected chi connectivity index (χ0v) is 16.1. The van der Waals surface area contributed by atoms with Crippen LogP contribution in [0.1, 0.15) is 5.69 Å². The molecular formula is C20H20F2N6O. The Hall–Kier alpha value is -3.75. The van der Waals surface area contributed by atoms with Gasteiger partial charge in [-0.1, -0.05) is 0 Å². The number of urea groups is 1. The highest BCUT2D eigenvalue weighted by molar-refractivity contribution is 5.99. The number of aromatic nitrogens is 2. The summed E-state index contributed by atoms with van der Waals surface area (Å²) >= 11 is 0. The van der Waals surface area contributed by atoms with Gasteiger partial charge in [0.15, 0.2) is 0 Å². The fourth-order valence-electron chi connectivity index (χ4n) is 2.48. The monoisotopic (exact) mass is 398 g/mol. The van der Waals surface area contributed by atoms with Crippen LogP contribution in [-0.4, -0.2) is 30.1 Å². The van der Waals surface area contributed by atoms with Crippen LogP contribution in [0, 0.1) is 18.6 Å². The third kappa shape index (κ3) is 5.38. The van der Waals surface area contributed by atoms with Crippen molar-refractivity contribution in [2.75, 3.05) is 34.9 Å². The highest BCUT2D eigenvalue weighted by Crippen LogP contribution is 2.20. The van der Waals surface area contributed by atoms with Crippen LogP contribution in [0.5, 0.6) is 0 Å². The first-order valence-corrected chi connectivity index (χ1v) is 8.73. The second kappa shape index (κ2) is 8.51. The molecule has 3 rings (SSSR count). The van der Waals surface area contributed by atoms with Crippen molar-refractivity contribution in [1.29, 1.82) is 0 Å². The maximum absolute atomic E-state index is 13.6. The number of carbonyl (C=O) groups is 1. The summed E-state index contributed by atoms with van der Waals surface area (Å²) in [5.41, 5.74) is 1.78. The van der Waals surface area contributed by atoms with E-state index in [9.17, 15) is 13.6 Å². The topological polar surface area (TPSA) is 82.2 Å². The summed E-state index contributed by atoms with van der Waals surface area (Å²) in [7, 11) is 3.79. The van der Waals surface area contributed by atoms with Crippen molar-refractivity contribution in [3.05, 3.63) is 65.9 Å². The molecule has 0 aliphatic carbocycles. The van der Waals surface area contributed by atoms with Crippen molar-refractivity contribution in [2.24, 2.45) is 0 Å². The molecule has 0 atom stereocenters. The smallest absolute Gasteiger partial charge is 0.323 e. The highest BCUT2D eigenvalue weighted by atomic mass is 19.1. The van der Waals surface area contributed by atoms with Crippen molar-refractivity contribution in [2.45, 2.75) is 6.92 Å². The third-order valence-electron chi connectivity index (χ3n) is 3.87. The molecule has 0 aliphatic rings. The van der Waals surface area contributed by atoms with E-state index >= 15 is 0 Å². The molecule has 0 radical (unpaired) electrons. The Balaban J connectivity index is 1.64. The molecule has 1 aromatic heterocycles. The Morgan fingerprint density at radius 3 is 2.31 bits per heavy atom. The lowest BCUT2D eigenvalue weighted by molar-refractivity contribution is 0.262. The summed E-state index contributed by atoms with van der Waals surface area (Å²) in [6.45, 7) is 1.88. The van der Waals surface area contributed by atoms with Gasteiger partial charge in [0.25, 0.3) is 0 Å². The Morgan fingerprint density at radius 1 is 0.931 bits per heavy atom. The Bertz CT molecular complexity index is 1020. The van der Waals surface area contributed by atoms with Crippen molar-refractivity contribution in [1.82, 2.24) is 9.97 Å². The number of nitrogens with zero attached hydrogens (tertiary/aromatic N) is 3. The average Bonchev–Trinajstić information content (AvgIpc) is 2.66. The Kier molecular flexibility index (Phi) is 5.87. The van der Waals surface area contributed by atoms with Gasteiger partial charge >= 0.3 is 6.03 Å². The number of nitrogens with one attached hydrogen (secondary N) is 3. The van der Waals surface area contributed by atoms with Crippen LogP contribution >= 0.6 is 0 Å². The molecule has 29 heavy (non-hydrogen) atoms. The van der Waals surface area contributed by atoms with Crippen LogP contribution in [0.3, 0.4) is 0 Å². The van der Waals surface area contributed by atoms with Crippen LogP contribution in [0.4, 0.5) is 42.4 Å². The van der Waals surface area contributed by atoms with E-state index in [1.54, 1.807) is 24.3 Å². The van der Waals surface area contributed by atoms with E-state index in [4.69, 9.17) is 0 Å². The molecule has 2 aromatic carbocycles. The number of carbonyl (C=O) groups excluding carboxylic acids is 1. The molecule has 0 spiro atoms. The van der Waals surface area contributed by atoms with Crippen LogP contribution < -0.4 is 20.9 Å². The van der Waals surface area contributed by atoms with Crippen molar-refractivity contribution >= 4 is 34.9 Å². The van der Waals surface area contributed by atoms with Crippen LogP contribution in [-0.2, 0) is 0 Å². The summed E-state index contributed by atoms with van der Waals surface area (Å²) in [6, 6.07) is 10.8. The van der Waals surface area contributed by atoms with E-state index in [-0.39, 0.29) is 5.69 Å². The summed E-state index contributed by atoms with van der Waals surface area (Å²) in [5, 5.41) is 7.93. The minimum atomic E-state index is -0.726. The minimum Gasteiger partial charge on any atom is -0.363 e. The van der Waals surface area contributed by atoms with Crippen LogP contribution in [0.2, 0.25) is 0 Å². The fourth-order valence-corrected chi connectivity index (χ4v) is 2.48. The van der Waals surface area contributed by atoms with E-state index < -0.39 is 17.7 Å². The fraction of sp³-hybridized carbons (Fsp3) is 0.150. The number of benzene rings is 2. The molecule has 2 amide bonds. The molecule has 150 valence electrons. The molecule has 9 heteroatoms. The van der Waals surface area contributed by atoms with E-state index in [2.05, 4.69) is 25.9 Å². The molecule has 0 fully saturated rings. The van der Waals surface area contributed by atoms with Crippen molar-refractivity contribution in [3.8, 4) is 0 Å². The first-order chi connectivity index (χ1) is 13.8. The number of rotatable bonds is 5. The number of amides is 2. The van der Waals surface area contributed by atoms with Gasteiger partial charge in [-0.25, -0.2) is 18.6 Å². The van der Waals surface area contributed by atoms with Gasteiger partial charge in [0.05, 0.1) is 5.69 Å². The zero-order chi connectivity index (χ0) is 21.0. The van der Waals surface area contributed by atoms with Gasteiger partial charge in [-0.3, -0.25) is 0 Å². The normalized spacial score (nSPS) is 10.4. The summed E-state index contributed by atoms with van der Waals surface area (Å²) < 4.78 is 26.8. The Labute approximate surface area is 166 Å². The quantitative estimate of drug-likeness (QED) is 0.589. The molecule has 0 aliphatic heterocycles. The molecule has 0 saturated heterocycles. The van der Waals surface area contributed by atoms with E-state index in [0.717, 1.165) is 35.4 Å². The number of anilines is 5. The predicted octanol–water partition coefficient (Wildman–Crippen LogP) is 4.52. The summed E-state index contributed by atoms with van der Waals surface area (Å²) in [6.07, 6.45) is 0. The molecule has 0 bridgehead atoms. The van der Waals surface area contributed by atoms with Gasteiger partial charge in [0.1, 0.15) is 17.5 Å². The van der Waals surface area contributed by atoms with Crippen LogP contribution in [0.25, 0.3) is 0 Å². The maximum Gasteiger partial charge on any atom is 0.323 e. The number of hydrogen-bond acceptors (Lipinski definition) is 5. The molecular weight excluding hydrogens is 378 g/mol. The van der Waals surface area contributed by atoms with Gasteiger partial charge in [-0.05, 0) is 43.3 Å². The highest BCUT2D eigenvalue weighted by Gasteiger charge is 2.09. The van der Waals surface area contributed by atoms with Crippen molar-refractivity contribution < 1.29 is 13.6 Å². The number of aryl methyl sites for hydroxylation is 1. The minimum absolute atomic E-state index is 0.242. The second-order valence-corrected chi connectivity index (χ2v) is 6.49. The molecule has 1 heterocycles. The lowest BCUT2D eigenvalue weighted by Gasteiger charge is -2.14. The van der Waals surface area contributed by atoms with Gasteiger partial charge in [-0.15, -0.1) is 0 Å². The lowest BCUT2D eigenvalue weighted by atomic mass is 10.2. The number of hydrogen-bond donors (Lipinski definition) is 3. The van der Waals surface area contributed by atoms with E-state index in [1.807, 2.05) is 32.0 Å². The van der Waals surface area contributed by atoms with Gasteiger partial charge in [0.2, 0.25) is 5.95 Å². The molecule has 3 aromatic rings. The molecule has 0 saturated carbocycles. The average molecular weight is 398 g/mol. The molecule has 3 N–H and O–H groups in total. The zero-order valence-electron chi connectivity index (χ0n) is 16.1. The standard InChI is InChI=1S/C20H20F2N6O/c1-12-10-18(28(2)3)27-19(23-12)24-14-5-7-15(8-6-14)25-20(29)26-17-11-13(21)4-9-16(17)22/h4-11H,1-3H3,(H,23,24,27)(H2,25,26,29). The van der Waals surface area contributed by atoms with Crippen LogP contribution in [0.15, 0.2) is 48.5 Å². The largest absolute Gasteiger partial charge is 0.363 e. The first kappa shape index (κ1) is 20.0. The maximum atomic E-state index is 13.6. The van der Waals surface area contributed by atoms with Gasteiger partial charge < -0.3 is 20.9 Å². The van der Waals surface area contributed by atoms with Gasteiger partial charge in [-0.2, -0.15) is 4.98 Å². The Morgan fingerprint density at radius 2 is 1.62 bits per heavy atom. The van der Waals surface area contributed by atoms with E-state index in [0.29, 0.717) is 11.6 Å². The molecule has 7 nitrogen and oxygen atoms in total. The SMILES string of the molecule is Cc1cc(N(C)C)nc(Nc2ccc(NC(=O)Nc3cc(F)ccc3F)cc2)n1. The number of halogens is 2. The second-order valence-electron chi connectivity index (χ2n) is 6.49. The lowest BCUT2D eigenvalue weighted by Crippen LogP contribution is -2.20. The summed E-state index contributed by atoms with van der Waals surface area (Å²) in [4.78, 5) is 22.7. The third-order valence-corrected chi connectivity index (χ3v) is 3.87.